The topological polar surface area (TPSA) is 80.4 Å². The molecular weight excluding hydrogens is 250 g/mol. The van der Waals surface area contributed by atoms with Crippen molar-refractivity contribution in [3.63, 3.8) is 0 Å². The van der Waals surface area contributed by atoms with Gasteiger partial charge in [-0.1, -0.05) is 12.1 Å². The molecule has 1 unspecified atom stereocenters. The second kappa shape index (κ2) is 4.33. The number of hydrogen-bond donors (Lipinski definition) is 2. The normalized spacial score (nSPS) is 20.2. The maximum atomic E-state index is 11.9. The lowest BCUT2D eigenvalue weighted by Crippen LogP contribution is -2.35. The Morgan fingerprint density at radius 1 is 1.39 bits per heavy atom. The minimum atomic E-state index is -3.12. The Kier molecular flexibility index (Phi) is 3.25. The van der Waals surface area contributed by atoms with Crippen LogP contribution in [0.25, 0.3) is 0 Å². The van der Waals surface area contributed by atoms with Crippen LogP contribution < -0.4 is 5.73 Å². The third kappa shape index (κ3) is 2.43. The fourth-order valence-electron chi connectivity index (χ4n) is 2.26. The molecule has 1 aliphatic rings. The van der Waals surface area contributed by atoms with Crippen molar-refractivity contribution in [3.8, 4) is 0 Å². The molecule has 4 nitrogen and oxygen atoms in total. The first-order chi connectivity index (χ1) is 8.22. The molecule has 0 saturated carbocycles. The maximum Gasteiger partial charge on any atom is 0.178 e. The Labute approximate surface area is 108 Å². The molecule has 5 heteroatoms. The summed E-state index contributed by atoms with van der Waals surface area (Å²) >= 11 is 0. The molecule has 0 aromatic heterocycles. The Morgan fingerprint density at radius 2 is 2.06 bits per heavy atom. The minimum absolute atomic E-state index is 0.219. The highest BCUT2D eigenvalue weighted by Crippen LogP contribution is 2.30. The van der Waals surface area contributed by atoms with E-state index in [0.29, 0.717) is 11.3 Å². The van der Waals surface area contributed by atoms with Gasteiger partial charge in [-0.3, -0.25) is 0 Å². The second-order valence-electron chi connectivity index (χ2n) is 5.42. The zero-order valence-electron chi connectivity index (χ0n) is 10.7. The average Bonchev–Trinajstić information content (AvgIpc) is 2.26. The Hall–Kier alpha value is -0.910. The van der Waals surface area contributed by atoms with Gasteiger partial charge >= 0.3 is 0 Å². The van der Waals surface area contributed by atoms with Gasteiger partial charge in [-0.25, -0.2) is 8.42 Å². The molecule has 0 aliphatic carbocycles. The van der Waals surface area contributed by atoms with E-state index < -0.39 is 21.5 Å². The van der Waals surface area contributed by atoms with Gasteiger partial charge in [-0.05, 0) is 43.9 Å². The van der Waals surface area contributed by atoms with Crippen LogP contribution in [0.3, 0.4) is 0 Å². The lowest BCUT2D eigenvalue weighted by atomic mass is 9.91. The van der Waals surface area contributed by atoms with Crippen LogP contribution in [0.4, 0.5) is 0 Å². The van der Waals surface area contributed by atoms with Crippen molar-refractivity contribution in [1.29, 1.82) is 0 Å². The fourth-order valence-corrected chi connectivity index (χ4v) is 3.84. The largest absolute Gasteiger partial charge is 0.388 e. The summed E-state index contributed by atoms with van der Waals surface area (Å²) < 4.78 is 23.7. The monoisotopic (exact) mass is 269 g/mol. The van der Waals surface area contributed by atoms with E-state index in [-0.39, 0.29) is 5.75 Å². The summed E-state index contributed by atoms with van der Waals surface area (Å²) in [6, 6.07) is 4.61. The zero-order chi connectivity index (χ0) is 13.6. The van der Waals surface area contributed by atoms with Crippen LogP contribution >= 0.6 is 0 Å². The third-order valence-electron chi connectivity index (χ3n) is 3.40. The van der Waals surface area contributed by atoms with Gasteiger partial charge in [0.15, 0.2) is 9.84 Å². The van der Waals surface area contributed by atoms with Gasteiger partial charge in [0.2, 0.25) is 0 Å². The predicted molar refractivity (Wildman–Crippen MR) is 70.0 cm³/mol. The molecule has 18 heavy (non-hydrogen) atoms. The summed E-state index contributed by atoms with van der Waals surface area (Å²) in [5.41, 5.74) is 6.54. The number of hydrogen-bond acceptors (Lipinski definition) is 4. The Balaban J connectivity index is 2.46. The minimum Gasteiger partial charge on any atom is -0.388 e. The van der Waals surface area contributed by atoms with Gasteiger partial charge in [-0.15, -0.1) is 0 Å². The van der Waals surface area contributed by atoms with Crippen molar-refractivity contribution in [3.05, 3.63) is 29.3 Å². The van der Waals surface area contributed by atoms with Gasteiger partial charge in [0.25, 0.3) is 0 Å². The van der Waals surface area contributed by atoms with Crippen molar-refractivity contribution < 1.29 is 13.5 Å². The molecule has 1 heterocycles. The molecule has 0 spiro atoms. The van der Waals surface area contributed by atoms with Crippen LogP contribution in [0.2, 0.25) is 0 Å². The molecule has 1 atom stereocenters. The van der Waals surface area contributed by atoms with Crippen LogP contribution in [0.5, 0.6) is 0 Å². The Bertz CT molecular complexity index is 558. The maximum absolute atomic E-state index is 11.9. The van der Waals surface area contributed by atoms with Crippen LogP contribution in [0.1, 0.15) is 37.4 Å². The van der Waals surface area contributed by atoms with E-state index in [1.807, 2.05) is 6.07 Å². The summed E-state index contributed by atoms with van der Waals surface area (Å²) in [6.07, 6.45) is 1.40. The summed E-state index contributed by atoms with van der Waals surface area (Å²) in [5.74, 6) is 0.219. The van der Waals surface area contributed by atoms with E-state index >= 15 is 0 Å². The molecule has 3 N–H and O–H groups in total. The van der Waals surface area contributed by atoms with Crippen molar-refractivity contribution in [2.24, 2.45) is 5.73 Å². The molecule has 0 bridgehead atoms. The van der Waals surface area contributed by atoms with Crippen LogP contribution in [0, 0.1) is 0 Å². The molecule has 100 valence electrons. The number of fused-ring (bicyclic) bond motifs is 1. The van der Waals surface area contributed by atoms with E-state index in [1.165, 1.54) is 0 Å². The van der Waals surface area contributed by atoms with Crippen molar-refractivity contribution in [2.45, 2.75) is 43.2 Å². The third-order valence-corrected chi connectivity index (χ3v) is 5.29. The summed E-state index contributed by atoms with van der Waals surface area (Å²) in [5, 5.41) is 9.90. The number of benzene rings is 1. The molecular formula is C13H19NO3S. The van der Waals surface area contributed by atoms with E-state index in [1.54, 1.807) is 26.0 Å². The molecule has 1 aromatic carbocycles. The number of aliphatic hydroxyl groups is 1. The van der Waals surface area contributed by atoms with Gasteiger partial charge in [0.05, 0.1) is 22.3 Å². The van der Waals surface area contributed by atoms with Crippen LogP contribution in [-0.2, 0) is 16.3 Å². The highest BCUT2D eigenvalue weighted by Gasteiger charge is 2.28. The van der Waals surface area contributed by atoms with Gasteiger partial charge in [0, 0.05) is 0 Å². The predicted octanol–water partition coefficient (Wildman–Crippen LogP) is 1.18. The summed E-state index contributed by atoms with van der Waals surface area (Å²) in [4.78, 5) is 0.417. The van der Waals surface area contributed by atoms with Crippen molar-refractivity contribution in [2.75, 3.05) is 5.75 Å². The molecule has 0 saturated heterocycles. The zero-order valence-corrected chi connectivity index (χ0v) is 11.5. The van der Waals surface area contributed by atoms with Gasteiger partial charge < -0.3 is 10.8 Å². The lowest BCUT2D eigenvalue weighted by Gasteiger charge is -2.27. The average molecular weight is 269 g/mol. The van der Waals surface area contributed by atoms with Crippen molar-refractivity contribution in [1.82, 2.24) is 0 Å². The number of nitrogens with two attached hydrogens (primary N) is 1. The molecule has 0 amide bonds. The molecule has 1 aliphatic heterocycles. The summed E-state index contributed by atoms with van der Waals surface area (Å²) in [6.45, 7) is 3.29. The quantitative estimate of drug-likeness (QED) is 0.844. The first kappa shape index (κ1) is 13.5. The SMILES string of the molecule is CC(C)(O)C(N)c1ccc2c(c1)CCCS2(=O)=O. The fraction of sp³-hybridized carbons (Fsp3) is 0.538. The van der Waals surface area contributed by atoms with E-state index in [9.17, 15) is 13.5 Å². The van der Waals surface area contributed by atoms with Gasteiger partial charge in [0.1, 0.15) is 0 Å². The van der Waals surface area contributed by atoms with Crippen molar-refractivity contribution >= 4 is 9.84 Å². The number of aryl methyl sites for hydroxylation is 1. The summed E-state index contributed by atoms with van der Waals surface area (Å²) in [7, 11) is -3.12. The number of sulfone groups is 1. The highest BCUT2D eigenvalue weighted by molar-refractivity contribution is 7.91. The van der Waals surface area contributed by atoms with Gasteiger partial charge in [-0.2, -0.15) is 0 Å². The molecule has 1 aromatic rings. The molecule has 2 rings (SSSR count). The lowest BCUT2D eigenvalue weighted by molar-refractivity contribution is 0.0517. The highest BCUT2D eigenvalue weighted by atomic mass is 32.2. The van der Waals surface area contributed by atoms with Crippen LogP contribution in [0.15, 0.2) is 23.1 Å². The smallest absolute Gasteiger partial charge is 0.178 e. The van der Waals surface area contributed by atoms with E-state index in [2.05, 4.69) is 0 Å². The first-order valence-corrected chi connectivity index (χ1v) is 7.70. The van der Waals surface area contributed by atoms with E-state index in [4.69, 9.17) is 5.73 Å². The van der Waals surface area contributed by atoms with E-state index in [0.717, 1.165) is 17.5 Å². The molecule has 0 radical (unpaired) electrons. The number of rotatable bonds is 2. The first-order valence-electron chi connectivity index (χ1n) is 6.05. The second-order valence-corrected chi connectivity index (χ2v) is 7.50. The standard InChI is InChI=1S/C13H19NO3S/c1-13(2,15)12(14)10-5-6-11-9(8-10)4-3-7-18(11,16)17/h5-6,8,12,15H,3-4,7,14H2,1-2H3. The molecule has 0 fully saturated rings. The Morgan fingerprint density at radius 3 is 2.67 bits per heavy atom. The van der Waals surface area contributed by atoms with Crippen LogP contribution in [-0.4, -0.2) is 24.9 Å².